The fourth-order valence-electron chi connectivity index (χ4n) is 5.82. The van der Waals surface area contributed by atoms with E-state index in [1.165, 1.54) is 54.1 Å². The second-order valence-corrected chi connectivity index (χ2v) is 13.8. The molecule has 37 heavy (non-hydrogen) atoms. The Labute approximate surface area is 221 Å². The number of benzene rings is 6. The molecule has 6 aromatic rings. The van der Waals surface area contributed by atoms with E-state index in [4.69, 9.17) is 0 Å². The average Bonchev–Trinajstić information content (AvgIpc) is 2.96. The Kier molecular flexibility index (Phi) is 6.15. The first-order valence-electron chi connectivity index (χ1n) is 13.1. The number of hydrogen-bond donors (Lipinski definition) is 0. The summed E-state index contributed by atoms with van der Waals surface area (Å²) in [6.07, 6.45) is 0. The molecule has 0 heterocycles. The second-order valence-electron chi connectivity index (χ2n) is 10.3. The third kappa shape index (κ3) is 3.97. The predicted molar refractivity (Wildman–Crippen MR) is 166 cm³/mol. The van der Waals surface area contributed by atoms with E-state index in [1.807, 2.05) is 0 Å². The van der Waals surface area contributed by atoms with Gasteiger partial charge < -0.3 is 0 Å². The molecular weight excluding hydrogens is 463 g/mol. The normalized spacial score (nSPS) is 11.9. The van der Waals surface area contributed by atoms with Crippen LogP contribution in [-0.2, 0) is 0 Å². The van der Waals surface area contributed by atoms with Gasteiger partial charge in [-0.2, -0.15) is 0 Å². The quantitative estimate of drug-likeness (QED) is 0.210. The first kappa shape index (κ1) is 23.7. The summed E-state index contributed by atoms with van der Waals surface area (Å²) in [5.41, 5.74) is 4.18. The van der Waals surface area contributed by atoms with E-state index in [9.17, 15) is 0 Å². The highest BCUT2D eigenvalue weighted by Crippen LogP contribution is 2.55. The van der Waals surface area contributed by atoms with Crippen molar-refractivity contribution in [1.29, 1.82) is 0 Å². The van der Waals surface area contributed by atoms with Gasteiger partial charge in [0.25, 0.3) is 0 Å². The molecule has 0 aliphatic heterocycles. The molecule has 0 amide bonds. The highest BCUT2D eigenvalue weighted by atomic mass is 31.2. The van der Waals surface area contributed by atoms with Gasteiger partial charge in [0.1, 0.15) is 23.2 Å². The van der Waals surface area contributed by atoms with Crippen LogP contribution >= 0.6 is 7.26 Å². The van der Waals surface area contributed by atoms with E-state index in [1.54, 1.807) is 0 Å². The molecule has 0 bridgehead atoms. The Morgan fingerprint density at radius 2 is 0.919 bits per heavy atom. The van der Waals surface area contributed by atoms with Gasteiger partial charge in [-0.05, 0) is 68.9 Å². The van der Waals surface area contributed by atoms with Gasteiger partial charge in [0.15, 0.2) is 0 Å². The molecule has 6 rings (SSSR count). The van der Waals surface area contributed by atoms with Crippen LogP contribution in [-0.4, -0.2) is 6.66 Å². The van der Waals surface area contributed by atoms with Crippen molar-refractivity contribution in [3.63, 3.8) is 0 Å². The topological polar surface area (TPSA) is 0 Å². The zero-order chi connectivity index (χ0) is 25.4. The maximum Gasteiger partial charge on any atom is 0.113 e. The lowest BCUT2D eigenvalue weighted by atomic mass is 9.86. The van der Waals surface area contributed by atoms with Gasteiger partial charge in [0, 0.05) is 5.56 Å². The molecule has 0 spiro atoms. The molecule has 1 heteroatoms. The molecule has 0 aliphatic carbocycles. The SMILES string of the molecule is CC(C)c1ccc2ccccc2c1-c1c([P+](C)(c2ccccc2)c2ccccc2)ccc2ccccc12. The molecule has 0 N–H and O–H groups in total. The van der Waals surface area contributed by atoms with Gasteiger partial charge in [-0.15, -0.1) is 0 Å². The molecule has 180 valence electrons. The highest BCUT2D eigenvalue weighted by molar-refractivity contribution is 7.95. The summed E-state index contributed by atoms with van der Waals surface area (Å²) in [5, 5.41) is 9.50. The minimum Gasteiger partial charge on any atom is -0.0620 e. The van der Waals surface area contributed by atoms with Crippen molar-refractivity contribution in [2.24, 2.45) is 0 Å². The van der Waals surface area contributed by atoms with Gasteiger partial charge in [0.2, 0.25) is 0 Å². The number of rotatable bonds is 5. The molecule has 0 unspecified atom stereocenters. The lowest BCUT2D eigenvalue weighted by molar-refractivity contribution is 0.871. The summed E-state index contributed by atoms with van der Waals surface area (Å²) < 4.78 is 0. The van der Waals surface area contributed by atoms with Crippen LogP contribution in [0, 0.1) is 0 Å². The standard InChI is InChI=1S/C36H32P/c1-26(2)31-24-22-27-14-10-12-20-32(27)35(31)36-33-21-13-11-15-28(33)23-25-34(36)37(3,29-16-6-4-7-17-29)30-18-8-5-9-19-30/h4-26H,1-3H3/q+1. The molecule has 0 saturated carbocycles. The van der Waals surface area contributed by atoms with Crippen LogP contribution in [0.4, 0.5) is 0 Å². The summed E-state index contributed by atoms with van der Waals surface area (Å²) in [6, 6.07) is 49.5. The first-order valence-corrected chi connectivity index (χ1v) is 15.3. The molecule has 0 radical (unpaired) electrons. The fraction of sp³-hybridized carbons (Fsp3) is 0.111. The Bertz CT molecular complexity index is 1660. The third-order valence-electron chi connectivity index (χ3n) is 7.77. The summed E-state index contributed by atoms with van der Waals surface area (Å²) in [4.78, 5) is 0. The van der Waals surface area contributed by atoms with Crippen LogP contribution in [0.3, 0.4) is 0 Å². The van der Waals surface area contributed by atoms with Crippen molar-refractivity contribution in [1.82, 2.24) is 0 Å². The first-order chi connectivity index (χ1) is 18.1. The van der Waals surface area contributed by atoms with Crippen molar-refractivity contribution in [2.45, 2.75) is 19.8 Å². The van der Waals surface area contributed by atoms with E-state index in [2.05, 4.69) is 154 Å². The molecular formula is C36H32P+. The van der Waals surface area contributed by atoms with Crippen LogP contribution in [0.2, 0.25) is 0 Å². The minimum atomic E-state index is -1.96. The summed E-state index contributed by atoms with van der Waals surface area (Å²) >= 11 is 0. The van der Waals surface area contributed by atoms with E-state index >= 15 is 0 Å². The highest BCUT2D eigenvalue weighted by Gasteiger charge is 2.43. The number of hydrogen-bond acceptors (Lipinski definition) is 0. The maximum absolute atomic E-state index is 2.51. The van der Waals surface area contributed by atoms with Gasteiger partial charge in [-0.1, -0.05) is 117 Å². The molecule has 0 aromatic heterocycles. The van der Waals surface area contributed by atoms with Gasteiger partial charge in [-0.3, -0.25) is 0 Å². The Morgan fingerprint density at radius 3 is 1.46 bits per heavy atom. The Morgan fingerprint density at radius 1 is 0.459 bits per heavy atom. The van der Waals surface area contributed by atoms with Crippen LogP contribution in [0.5, 0.6) is 0 Å². The smallest absolute Gasteiger partial charge is 0.0620 e. The molecule has 0 fully saturated rings. The van der Waals surface area contributed by atoms with Crippen molar-refractivity contribution in [3.8, 4) is 11.1 Å². The Balaban J connectivity index is 1.82. The largest absolute Gasteiger partial charge is 0.113 e. The summed E-state index contributed by atoms with van der Waals surface area (Å²) in [7, 11) is -1.96. The van der Waals surface area contributed by atoms with Crippen molar-refractivity contribution < 1.29 is 0 Å². The minimum absolute atomic E-state index is 0.407. The lowest BCUT2D eigenvalue weighted by Gasteiger charge is -2.28. The van der Waals surface area contributed by atoms with Crippen molar-refractivity contribution in [2.75, 3.05) is 6.66 Å². The van der Waals surface area contributed by atoms with Crippen molar-refractivity contribution >= 4 is 44.7 Å². The number of fused-ring (bicyclic) bond motifs is 2. The van der Waals surface area contributed by atoms with Gasteiger partial charge in [0.05, 0.1) is 6.66 Å². The Hall–Kier alpha value is -3.73. The lowest BCUT2D eigenvalue weighted by Crippen LogP contribution is -2.31. The predicted octanol–water partition coefficient (Wildman–Crippen LogP) is 8.71. The third-order valence-corrected chi connectivity index (χ3v) is 11.8. The van der Waals surface area contributed by atoms with Crippen LogP contribution in [0.25, 0.3) is 32.7 Å². The van der Waals surface area contributed by atoms with Gasteiger partial charge >= 0.3 is 0 Å². The summed E-state index contributed by atoms with van der Waals surface area (Å²) in [5.74, 6) is 0.407. The van der Waals surface area contributed by atoms with E-state index in [-0.39, 0.29) is 0 Å². The summed E-state index contributed by atoms with van der Waals surface area (Å²) in [6.45, 7) is 7.15. The van der Waals surface area contributed by atoms with Crippen molar-refractivity contribution in [3.05, 3.63) is 139 Å². The molecule has 0 nitrogen and oxygen atoms in total. The van der Waals surface area contributed by atoms with Gasteiger partial charge in [-0.25, -0.2) is 0 Å². The van der Waals surface area contributed by atoms with E-state index in [0.29, 0.717) is 5.92 Å². The monoisotopic (exact) mass is 495 g/mol. The molecule has 0 atom stereocenters. The van der Waals surface area contributed by atoms with Crippen LogP contribution in [0.1, 0.15) is 25.3 Å². The van der Waals surface area contributed by atoms with E-state index < -0.39 is 7.26 Å². The zero-order valence-corrected chi connectivity index (χ0v) is 22.6. The molecule has 0 aliphatic rings. The van der Waals surface area contributed by atoms with Crippen LogP contribution in [0.15, 0.2) is 133 Å². The molecule has 6 aromatic carbocycles. The van der Waals surface area contributed by atoms with Crippen LogP contribution < -0.4 is 15.9 Å². The average molecular weight is 496 g/mol. The second kappa shape index (κ2) is 9.62. The maximum atomic E-state index is 2.51. The molecule has 0 saturated heterocycles. The fourth-order valence-corrected chi connectivity index (χ4v) is 9.27. The zero-order valence-electron chi connectivity index (χ0n) is 21.7. The van der Waals surface area contributed by atoms with E-state index in [0.717, 1.165) is 0 Å².